The molecule has 1 aromatic carbocycles. The van der Waals surface area contributed by atoms with Gasteiger partial charge in [-0.3, -0.25) is 10.1 Å². The second kappa shape index (κ2) is 5.86. The predicted molar refractivity (Wildman–Crippen MR) is 73.5 cm³/mol. The molecule has 0 atom stereocenters. The van der Waals surface area contributed by atoms with Gasteiger partial charge < -0.3 is 4.74 Å². The molecule has 0 spiro atoms. The van der Waals surface area contributed by atoms with Crippen LogP contribution in [0.15, 0.2) is 17.0 Å². The molecule has 8 nitrogen and oxygen atoms in total. The van der Waals surface area contributed by atoms with Crippen LogP contribution in [0.4, 0.5) is 10.5 Å². The largest absolute Gasteiger partial charge is 0.443 e. The van der Waals surface area contributed by atoms with E-state index in [1.807, 2.05) is 0 Å². The molecule has 0 saturated heterocycles. The van der Waals surface area contributed by atoms with Gasteiger partial charge in [0.1, 0.15) is 5.60 Å². The number of ether oxygens (including phenoxy) is 1. The standard InChI is InChI=1S/C11H12ClN2O6S/c1-11(2,3)20-10(15)13-21(18,19)9-6-7(12)4-5-8(9)14(16)17/h5-6H,1-3H3,(H,13,15). The van der Waals surface area contributed by atoms with Gasteiger partial charge in [0.15, 0.2) is 4.90 Å². The lowest BCUT2D eigenvalue weighted by Gasteiger charge is -2.19. The predicted octanol–water partition coefficient (Wildman–Crippen LogP) is 2.26. The van der Waals surface area contributed by atoms with Gasteiger partial charge in [-0.05, 0) is 26.8 Å². The second-order valence-electron chi connectivity index (χ2n) is 4.89. The molecule has 1 rings (SSSR count). The van der Waals surface area contributed by atoms with Crippen LogP contribution >= 0.6 is 11.6 Å². The zero-order valence-corrected chi connectivity index (χ0v) is 12.9. The molecule has 0 aromatic heterocycles. The minimum absolute atomic E-state index is 0.148. The summed E-state index contributed by atoms with van der Waals surface area (Å²) in [5, 5.41) is 10.7. The number of benzene rings is 1. The number of amides is 1. The van der Waals surface area contributed by atoms with E-state index in [1.165, 1.54) is 20.8 Å². The molecule has 10 heteroatoms. The summed E-state index contributed by atoms with van der Waals surface area (Å²) in [4.78, 5) is 20.7. The van der Waals surface area contributed by atoms with E-state index < -0.39 is 37.2 Å². The summed E-state index contributed by atoms with van der Waals surface area (Å²) in [6.45, 7) is 4.61. The van der Waals surface area contributed by atoms with Crippen molar-refractivity contribution in [1.82, 2.24) is 4.72 Å². The van der Waals surface area contributed by atoms with Gasteiger partial charge >= 0.3 is 6.09 Å². The minimum Gasteiger partial charge on any atom is -0.443 e. The summed E-state index contributed by atoms with van der Waals surface area (Å²) in [5.74, 6) is 0. The highest BCUT2D eigenvalue weighted by Gasteiger charge is 2.29. The van der Waals surface area contributed by atoms with Crippen molar-refractivity contribution in [3.05, 3.63) is 33.3 Å². The summed E-state index contributed by atoms with van der Waals surface area (Å²) < 4.78 is 30.4. The lowest BCUT2D eigenvalue weighted by atomic mass is 10.2. The number of carbonyl (C=O) groups is 1. The van der Waals surface area contributed by atoms with Gasteiger partial charge in [0.2, 0.25) is 0 Å². The van der Waals surface area contributed by atoms with E-state index >= 15 is 0 Å². The first-order chi connectivity index (χ1) is 9.42. The molecule has 1 radical (unpaired) electrons. The second-order valence-corrected chi connectivity index (χ2v) is 6.95. The van der Waals surface area contributed by atoms with Gasteiger partial charge in [0.05, 0.1) is 9.95 Å². The quantitative estimate of drug-likeness (QED) is 0.669. The monoisotopic (exact) mass is 335 g/mol. The Balaban J connectivity index is 3.17. The Kier molecular flexibility index (Phi) is 4.79. The van der Waals surface area contributed by atoms with Crippen molar-refractivity contribution in [2.75, 3.05) is 0 Å². The number of carbonyl (C=O) groups excluding carboxylic acids is 1. The number of sulfonamides is 1. The Labute approximate surface area is 126 Å². The summed E-state index contributed by atoms with van der Waals surface area (Å²) in [7, 11) is -4.50. The van der Waals surface area contributed by atoms with E-state index in [4.69, 9.17) is 16.3 Å². The van der Waals surface area contributed by atoms with E-state index in [-0.39, 0.29) is 5.02 Å². The number of nitro benzene ring substituents is 1. The lowest BCUT2D eigenvalue weighted by molar-refractivity contribution is -0.387. The lowest BCUT2D eigenvalue weighted by Crippen LogP contribution is -2.36. The van der Waals surface area contributed by atoms with Crippen LogP contribution in [0.2, 0.25) is 5.02 Å². The highest BCUT2D eigenvalue weighted by Crippen LogP contribution is 2.26. The highest BCUT2D eigenvalue weighted by atomic mass is 35.5. The molecule has 0 fully saturated rings. The molecular weight excluding hydrogens is 324 g/mol. The summed E-state index contributed by atoms with van der Waals surface area (Å²) in [6, 6.07) is 3.94. The number of hydrogen-bond acceptors (Lipinski definition) is 6. The first-order valence-corrected chi connectivity index (χ1v) is 7.40. The molecule has 0 heterocycles. The highest BCUT2D eigenvalue weighted by molar-refractivity contribution is 7.90. The van der Waals surface area contributed by atoms with E-state index in [2.05, 4.69) is 6.07 Å². The first kappa shape index (κ1) is 17.2. The van der Waals surface area contributed by atoms with Gasteiger partial charge in [-0.25, -0.2) is 17.9 Å². The molecule has 0 unspecified atom stereocenters. The molecule has 0 aliphatic carbocycles. The summed E-state index contributed by atoms with van der Waals surface area (Å²) in [5.41, 5.74) is -1.68. The average Bonchev–Trinajstić information content (AvgIpc) is 2.24. The van der Waals surface area contributed by atoms with Crippen LogP contribution in [0.1, 0.15) is 20.8 Å². The molecular formula is C11H12ClN2O6S. The Morgan fingerprint density at radius 1 is 1.48 bits per heavy atom. The number of halogens is 1. The van der Waals surface area contributed by atoms with Gasteiger partial charge in [0.25, 0.3) is 15.7 Å². The van der Waals surface area contributed by atoms with E-state index in [0.29, 0.717) is 0 Å². The van der Waals surface area contributed by atoms with Gasteiger partial charge in [0, 0.05) is 12.1 Å². The number of nitrogens with one attached hydrogen (secondary N) is 1. The third-order valence-electron chi connectivity index (χ3n) is 1.96. The Hall–Kier alpha value is -1.87. The van der Waals surface area contributed by atoms with Crippen LogP contribution in [0.25, 0.3) is 0 Å². The fourth-order valence-corrected chi connectivity index (χ4v) is 2.54. The fourth-order valence-electron chi connectivity index (χ4n) is 1.26. The topological polar surface area (TPSA) is 116 Å². The molecule has 1 amide bonds. The SMILES string of the molecule is CC(C)(C)OC(=O)NS(=O)(=O)c1cc(Cl)[c]cc1[N+](=O)[O-]. The Morgan fingerprint density at radius 3 is 2.52 bits per heavy atom. The summed E-state index contributed by atoms with van der Waals surface area (Å²) >= 11 is 5.58. The maximum Gasteiger partial charge on any atom is 0.421 e. The summed E-state index contributed by atoms with van der Waals surface area (Å²) in [6.07, 6.45) is -1.25. The molecule has 1 N–H and O–H groups in total. The van der Waals surface area contributed by atoms with Gasteiger partial charge in [-0.1, -0.05) is 11.6 Å². The third kappa shape index (κ3) is 4.87. The van der Waals surface area contributed by atoms with Gasteiger partial charge in [-0.2, -0.15) is 0 Å². The first-order valence-electron chi connectivity index (χ1n) is 5.54. The average molecular weight is 336 g/mol. The van der Waals surface area contributed by atoms with Crippen LogP contribution < -0.4 is 4.72 Å². The van der Waals surface area contributed by atoms with Crippen molar-refractivity contribution < 1.29 is 22.9 Å². The Morgan fingerprint density at radius 2 is 2.05 bits per heavy atom. The number of rotatable bonds is 3. The third-order valence-corrected chi connectivity index (χ3v) is 3.52. The van der Waals surface area contributed by atoms with Crippen LogP contribution in [0, 0.1) is 16.2 Å². The van der Waals surface area contributed by atoms with Crippen LogP contribution in [0.5, 0.6) is 0 Å². The molecule has 0 aliphatic heterocycles. The molecule has 0 bridgehead atoms. The van der Waals surface area contributed by atoms with E-state index in [1.54, 1.807) is 4.72 Å². The fraction of sp³-hybridized carbons (Fsp3) is 0.364. The van der Waals surface area contributed by atoms with Crippen LogP contribution in [0.3, 0.4) is 0 Å². The molecule has 0 aliphatic rings. The van der Waals surface area contributed by atoms with Crippen molar-refractivity contribution in [2.24, 2.45) is 0 Å². The molecule has 1 aromatic rings. The van der Waals surface area contributed by atoms with Crippen LogP contribution in [-0.4, -0.2) is 25.0 Å². The Bertz CT molecular complexity index is 680. The zero-order chi connectivity index (χ0) is 16.4. The minimum atomic E-state index is -4.50. The van der Waals surface area contributed by atoms with E-state index in [9.17, 15) is 23.3 Å². The van der Waals surface area contributed by atoms with Crippen molar-refractivity contribution in [2.45, 2.75) is 31.3 Å². The maximum absolute atomic E-state index is 12.0. The number of nitro groups is 1. The van der Waals surface area contributed by atoms with Crippen molar-refractivity contribution in [3.63, 3.8) is 0 Å². The maximum atomic E-state index is 12.0. The van der Waals surface area contributed by atoms with E-state index in [0.717, 1.165) is 12.1 Å². The van der Waals surface area contributed by atoms with Crippen molar-refractivity contribution in [1.29, 1.82) is 0 Å². The zero-order valence-electron chi connectivity index (χ0n) is 11.3. The van der Waals surface area contributed by atoms with Crippen LogP contribution in [-0.2, 0) is 14.8 Å². The smallest absolute Gasteiger partial charge is 0.421 e. The molecule has 21 heavy (non-hydrogen) atoms. The number of nitrogens with zero attached hydrogens (tertiary/aromatic N) is 1. The van der Waals surface area contributed by atoms with Gasteiger partial charge in [-0.15, -0.1) is 0 Å². The normalized spacial score (nSPS) is 11.8. The molecule has 0 saturated carbocycles. The molecule has 115 valence electrons. The number of hydrogen-bond donors (Lipinski definition) is 1. The van der Waals surface area contributed by atoms with Crippen molar-refractivity contribution in [3.8, 4) is 0 Å². The van der Waals surface area contributed by atoms with Crippen molar-refractivity contribution >= 4 is 33.4 Å².